The van der Waals surface area contributed by atoms with Gasteiger partial charge >= 0.3 is 0 Å². The number of nitrogens with one attached hydrogen (secondary N) is 1. The van der Waals surface area contributed by atoms with E-state index >= 15 is 0 Å². The summed E-state index contributed by atoms with van der Waals surface area (Å²) in [4.78, 5) is 29.9. The van der Waals surface area contributed by atoms with Crippen molar-refractivity contribution in [3.63, 3.8) is 0 Å². The number of amides is 1. The van der Waals surface area contributed by atoms with Crippen molar-refractivity contribution in [3.8, 4) is 17.5 Å². The number of rotatable bonds is 7. The van der Waals surface area contributed by atoms with E-state index in [2.05, 4.69) is 25.3 Å². The number of nitrogens with zero attached hydrogens (tertiary/aromatic N) is 5. The molecule has 0 radical (unpaired) electrons. The summed E-state index contributed by atoms with van der Waals surface area (Å²) in [5.74, 6) is -1.56. The van der Waals surface area contributed by atoms with Crippen molar-refractivity contribution in [2.45, 2.75) is 38.7 Å². The Labute approximate surface area is 199 Å². The predicted molar refractivity (Wildman–Crippen MR) is 122 cm³/mol. The second-order valence-corrected chi connectivity index (χ2v) is 8.41. The van der Waals surface area contributed by atoms with Gasteiger partial charge in [-0.25, -0.2) is 28.7 Å². The lowest BCUT2D eigenvalue weighted by molar-refractivity contribution is -0.119. The molecule has 0 saturated carbocycles. The van der Waals surface area contributed by atoms with Crippen molar-refractivity contribution >= 4 is 34.4 Å². The summed E-state index contributed by atoms with van der Waals surface area (Å²) < 4.78 is 38.1. The van der Waals surface area contributed by atoms with E-state index in [1.54, 1.807) is 23.2 Å². The van der Waals surface area contributed by atoms with E-state index in [0.717, 1.165) is 0 Å². The van der Waals surface area contributed by atoms with Crippen molar-refractivity contribution in [3.05, 3.63) is 35.7 Å². The van der Waals surface area contributed by atoms with Crippen LogP contribution >= 0.6 is 11.6 Å². The number of hydrogen-bond donors (Lipinski definition) is 1. The van der Waals surface area contributed by atoms with Crippen LogP contribution in [-0.2, 0) is 4.79 Å². The third kappa shape index (κ3) is 5.77. The van der Waals surface area contributed by atoms with Crippen LogP contribution in [0, 0.1) is 0 Å². The Morgan fingerprint density at radius 3 is 2.56 bits per heavy atom. The van der Waals surface area contributed by atoms with E-state index < -0.39 is 5.92 Å². The second kappa shape index (κ2) is 9.88. The minimum absolute atomic E-state index is 0.143. The molecule has 1 aliphatic rings. The Morgan fingerprint density at radius 1 is 1.18 bits per heavy atom. The van der Waals surface area contributed by atoms with Crippen LogP contribution in [0.5, 0.6) is 17.5 Å². The number of carbonyl (C=O) groups is 1. The van der Waals surface area contributed by atoms with E-state index in [4.69, 9.17) is 21.1 Å². The smallest absolute Gasteiger partial charge is 0.251 e. The zero-order valence-electron chi connectivity index (χ0n) is 18.6. The fraction of sp³-hybridized carbons (Fsp3) is 0.409. The lowest BCUT2D eigenvalue weighted by Crippen LogP contribution is -2.40. The molecule has 12 heteroatoms. The topological polar surface area (TPSA) is 102 Å². The van der Waals surface area contributed by atoms with Gasteiger partial charge in [0.25, 0.3) is 5.92 Å². The average molecular weight is 493 g/mol. The third-order valence-corrected chi connectivity index (χ3v) is 5.57. The van der Waals surface area contributed by atoms with Gasteiger partial charge in [-0.3, -0.25) is 4.79 Å². The number of alkyl halides is 2. The van der Waals surface area contributed by atoms with Gasteiger partial charge in [-0.05, 0) is 19.1 Å². The Bertz CT molecular complexity index is 1170. The molecule has 1 atom stereocenters. The summed E-state index contributed by atoms with van der Waals surface area (Å²) in [6.07, 6.45) is 3.91. The van der Waals surface area contributed by atoms with Crippen LogP contribution in [-0.4, -0.2) is 57.5 Å². The van der Waals surface area contributed by atoms with E-state index in [1.165, 1.54) is 19.3 Å². The summed E-state index contributed by atoms with van der Waals surface area (Å²) in [6.45, 7) is 3.87. The highest BCUT2D eigenvalue weighted by Gasteiger charge is 2.34. The highest BCUT2D eigenvalue weighted by Crippen LogP contribution is 2.35. The number of carbonyl (C=O) groups excluding carboxylic acids is 1. The molecule has 0 spiro atoms. The van der Waals surface area contributed by atoms with E-state index in [0.29, 0.717) is 27.6 Å². The lowest BCUT2D eigenvalue weighted by atomic mass is 10.1. The molecule has 34 heavy (non-hydrogen) atoms. The van der Waals surface area contributed by atoms with Gasteiger partial charge < -0.3 is 19.7 Å². The van der Waals surface area contributed by atoms with Crippen LogP contribution < -0.4 is 19.7 Å². The van der Waals surface area contributed by atoms with Gasteiger partial charge in [0.2, 0.25) is 23.6 Å². The van der Waals surface area contributed by atoms with Crippen molar-refractivity contribution < 1.29 is 23.0 Å². The Kier molecular flexibility index (Phi) is 6.92. The Hall–Kier alpha value is -3.34. The number of fused-ring (bicyclic) bond motifs is 1. The Morgan fingerprint density at radius 2 is 1.88 bits per heavy atom. The first-order valence-corrected chi connectivity index (χ1v) is 11.1. The number of ether oxygens (including phenoxy) is 2. The fourth-order valence-electron chi connectivity index (χ4n) is 3.45. The maximum absolute atomic E-state index is 13.4. The van der Waals surface area contributed by atoms with Crippen LogP contribution in [0.4, 0.5) is 14.7 Å². The molecular weight excluding hydrogens is 470 g/mol. The van der Waals surface area contributed by atoms with E-state index in [-0.39, 0.29) is 56.2 Å². The summed E-state index contributed by atoms with van der Waals surface area (Å²) in [5.41, 5.74) is 0.572. The molecule has 1 aromatic carbocycles. The highest BCUT2D eigenvalue weighted by molar-refractivity contribution is 6.36. The molecule has 1 fully saturated rings. The molecule has 0 unspecified atom stereocenters. The highest BCUT2D eigenvalue weighted by atomic mass is 35.5. The van der Waals surface area contributed by atoms with Crippen LogP contribution in [0.25, 0.3) is 10.9 Å². The molecule has 0 aliphatic carbocycles. The molecule has 3 aromatic rings. The number of aromatic nitrogens is 4. The molecule has 0 bridgehead atoms. The molecular formula is C22H23ClF2N6O3. The first kappa shape index (κ1) is 23.8. The second-order valence-electron chi connectivity index (χ2n) is 8.03. The number of halogens is 3. The number of anilines is 1. The average Bonchev–Trinajstić information content (AvgIpc) is 2.80. The fourth-order valence-corrected chi connectivity index (χ4v) is 3.70. The quantitative estimate of drug-likeness (QED) is 0.528. The maximum Gasteiger partial charge on any atom is 0.251 e. The molecule has 1 N–H and O–H groups in total. The summed E-state index contributed by atoms with van der Waals surface area (Å²) in [6, 6.07) is 3.19. The zero-order valence-corrected chi connectivity index (χ0v) is 19.4. The molecule has 1 amide bonds. The molecule has 9 nitrogen and oxygen atoms in total. The van der Waals surface area contributed by atoms with Crippen LogP contribution in [0.2, 0.25) is 5.02 Å². The summed E-state index contributed by atoms with van der Waals surface area (Å²) in [5, 5.41) is 3.56. The normalized spacial score (nSPS) is 16.2. The van der Waals surface area contributed by atoms with Crippen LogP contribution in [0.15, 0.2) is 30.7 Å². The van der Waals surface area contributed by atoms with Gasteiger partial charge in [0.05, 0.1) is 29.0 Å². The molecule has 180 valence electrons. The summed E-state index contributed by atoms with van der Waals surface area (Å²) in [7, 11) is 0. The number of piperidine rings is 1. The third-order valence-electron chi connectivity index (χ3n) is 5.18. The minimum Gasteiger partial charge on any atom is -0.474 e. The zero-order chi connectivity index (χ0) is 24.3. The lowest BCUT2D eigenvalue weighted by Gasteiger charge is -2.31. The van der Waals surface area contributed by atoms with E-state index in [1.807, 2.05) is 6.92 Å². The van der Waals surface area contributed by atoms with Crippen molar-refractivity contribution in [1.29, 1.82) is 0 Å². The monoisotopic (exact) mass is 492 g/mol. The first-order chi connectivity index (χ1) is 16.2. The van der Waals surface area contributed by atoms with Crippen molar-refractivity contribution in [2.75, 3.05) is 24.6 Å². The molecule has 1 saturated heterocycles. The van der Waals surface area contributed by atoms with Gasteiger partial charge in [-0.15, -0.1) is 0 Å². The summed E-state index contributed by atoms with van der Waals surface area (Å²) >= 11 is 6.50. The van der Waals surface area contributed by atoms with Gasteiger partial charge in [0.15, 0.2) is 0 Å². The van der Waals surface area contributed by atoms with Crippen molar-refractivity contribution in [1.82, 2.24) is 25.3 Å². The molecule has 1 aliphatic heterocycles. The van der Waals surface area contributed by atoms with E-state index in [9.17, 15) is 13.6 Å². The van der Waals surface area contributed by atoms with Gasteiger partial charge in [0, 0.05) is 44.4 Å². The SMILES string of the molecule is CC(=O)N[C@@H](C)COc1cnc(Oc2ccc3nc(N4CCC(F)(F)CC4)ncc3c2Cl)cn1. The Balaban J connectivity index is 1.42. The van der Waals surface area contributed by atoms with Gasteiger partial charge in [0.1, 0.15) is 12.4 Å². The standard InChI is InChI=1S/C22H23ClF2N6O3/c1-13(29-14(2)32)12-33-18-10-27-19(11-26-18)34-17-4-3-16-15(20(17)23)9-28-21(30-16)31-7-5-22(24,25)6-8-31/h3-4,9-11,13H,5-8,12H2,1-2H3,(H,29,32)/t13-/m0/s1. The molecule has 4 rings (SSSR count). The minimum atomic E-state index is -2.64. The van der Waals surface area contributed by atoms with Crippen LogP contribution in [0.3, 0.4) is 0 Å². The molecule has 2 aromatic heterocycles. The molecule has 3 heterocycles. The number of hydrogen-bond acceptors (Lipinski definition) is 8. The van der Waals surface area contributed by atoms with Gasteiger partial charge in [-0.1, -0.05) is 11.6 Å². The number of benzene rings is 1. The first-order valence-electron chi connectivity index (χ1n) is 10.7. The van der Waals surface area contributed by atoms with Crippen molar-refractivity contribution in [2.24, 2.45) is 0 Å². The largest absolute Gasteiger partial charge is 0.474 e. The van der Waals surface area contributed by atoms with Gasteiger partial charge in [-0.2, -0.15) is 0 Å². The predicted octanol–water partition coefficient (Wildman–Crippen LogP) is 4.00. The maximum atomic E-state index is 13.4. The van der Waals surface area contributed by atoms with Crippen LogP contribution in [0.1, 0.15) is 26.7 Å².